The van der Waals surface area contributed by atoms with Gasteiger partial charge in [0, 0.05) is 24.3 Å². The highest BCUT2D eigenvalue weighted by molar-refractivity contribution is 5.96. The smallest absolute Gasteiger partial charge is 0.251 e. The fourth-order valence-electron chi connectivity index (χ4n) is 2.33. The van der Waals surface area contributed by atoms with Gasteiger partial charge in [0.1, 0.15) is 0 Å². The van der Waals surface area contributed by atoms with Crippen molar-refractivity contribution in [2.24, 2.45) is 0 Å². The second-order valence-electron chi connectivity index (χ2n) is 4.82. The Morgan fingerprint density at radius 1 is 1.39 bits per heavy atom. The number of amides is 1. The molecular formula is C14H21N3O. The molecule has 18 heavy (non-hydrogen) atoms. The van der Waals surface area contributed by atoms with Crippen LogP contribution in [-0.2, 0) is 0 Å². The van der Waals surface area contributed by atoms with Gasteiger partial charge < -0.3 is 16.0 Å². The van der Waals surface area contributed by atoms with Gasteiger partial charge in [0.25, 0.3) is 5.91 Å². The van der Waals surface area contributed by atoms with Gasteiger partial charge in [-0.2, -0.15) is 0 Å². The summed E-state index contributed by atoms with van der Waals surface area (Å²) < 4.78 is 0. The molecule has 0 aliphatic carbocycles. The third-order valence-corrected chi connectivity index (χ3v) is 3.53. The number of nitrogens with two attached hydrogens (primary N) is 1. The summed E-state index contributed by atoms with van der Waals surface area (Å²) in [6, 6.07) is 5.45. The fraction of sp³-hybridized carbons (Fsp3) is 0.500. The normalized spacial score (nSPS) is 15.8. The molecule has 1 fully saturated rings. The van der Waals surface area contributed by atoms with Gasteiger partial charge in [-0.15, -0.1) is 0 Å². The maximum absolute atomic E-state index is 12.0. The van der Waals surface area contributed by atoms with Gasteiger partial charge in [-0.25, -0.2) is 0 Å². The zero-order valence-electron chi connectivity index (χ0n) is 10.9. The van der Waals surface area contributed by atoms with Crippen LogP contribution in [0, 0.1) is 6.92 Å². The average molecular weight is 247 g/mol. The predicted octanol–water partition coefficient (Wildman–Crippen LogP) is 1.40. The molecule has 1 saturated heterocycles. The standard InChI is InChI=1S/C14H21N3O/c1-11-12(5-4-6-13(11)15)14(18)16-7-10-17-8-2-3-9-17/h4-6H,2-3,7-10,15H2,1H3,(H,16,18). The van der Waals surface area contributed by atoms with E-state index in [4.69, 9.17) is 5.73 Å². The molecule has 0 spiro atoms. The van der Waals surface area contributed by atoms with Crippen molar-refractivity contribution in [3.8, 4) is 0 Å². The molecule has 1 aromatic carbocycles. The molecule has 1 aliphatic heterocycles. The minimum atomic E-state index is -0.0287. The SMILES string of the molecule is Cc1c(N)cccc1C(=O)NCCN1CCCC1. The highest BCUT2D eigenvalue weighted by atomic mass is 16.1. The lowest BCUT2D eigenvalue weighted by Gasteiger charge is -2.15. The van der Waals surface area contributed by atoms with Crippen LogP contribution in [0.25, 0.3) is 0 Å². The van der Waals surface area contributed by atoms with Crippen LogP contribution < -0.4 is 11.1 Å². The Morgan fingerprint density at radius 2 is 2.11 bits per heavy atom. The largest absolute Gasteiger partial charge is 0.398 e. The van der Waals surface area contributed by atoms with Crippen molar-refractivity contribution in [2.45, 2.75) is 19.8 Å². The molecule has 1 aromatic rings. The topological polar surface area (TPSA) is 58.4 Å². The lowest BCUT2D eigenvalue weighted by atomic mass is 10.1. The summed E-state index contributed by atoms with van der Waals surface area (Å²) in [6.45, 7) is 5.84. The lowest BCUT2D eigenvalue weighted by Crippen LogP contribution is -2.33. The number of benzene rings is 1. The van der Waals surface area contributed by atoms with Gasteiger partial charge in [0.05, 0.1) is 0 Å². The molecule has 0 atom stereocenters. The van der Waals surface area contributed by atoms with Crippen LogP contribution in [0.2, 0.25) is 0 Å². The monoisotopic (exact) mass is 247 g/mol. The molecular weight excluding hydrogens is 226 g/mol. The van der Waals surface area contributed by atoms with E-state index in [1.807, 2.05) is 25.1 Å². The second-order valence-corrected chi connectivity index (χ2v) is 4.82. The van der Waals surface area contributed by atoms with Crippen molar-refractivity contribution >= 4 is 11.6 Å². The Labute approximate surface area is 108 Å². The van der Waals surface area contributed by atoms with Gasteiger partial charge in [0.15, 0.2) is 0 Å². The Bertz CT molecular complexity index is 425. The summed E-state index contributed by atoms with van der Waals surface area (Å²) in [5.41, 5.74) is 8.00. The quantitative estimate of drug-likeness (QED) is 0.791. The van der Waals surface area contributed by atoms with Crippen LogP contribution in [0.4, 0.5) is 5.69 Å². The van der Waals surface area contributed by atoms with Crippen molar-refractivity contribution in [1.29, 1.82) is 0 Å². The van der Waals surface area contributed by atoms with Crippen LogP contribution in [0.15, 0.2) is 18.2 Å². The second kappa shape index (κ2) is 5.87. The zero-order chi connectivity index (χ0) is 13.0. The number of hydrogen-bond acceptors (Lipinski definition) is 3. The van der Waals surface area contributed by atoms with E-state index in [2.05, 4.69) is 10.2 Å². The van der Waals surface area contributed by atoms with Crippen molar-refractivity contribution in [1.82, 2.24) is 10.2 Å². The molecule has 0 bridgehead atoms. The van der Waals surface area contributed by atoms with Gasteiger partial charge in [0.2, 0.25) is 0 Å². The molecule has 0 aromatic heterocycles. The minimum absolute atomic E-state index is 0.0287. The van der Waals surface area contributed by atoms with Gasteiger partial charge >= 0.3 is 0 Å². The number of nitrogen functional groups attached to an aromatic ring is 1. The number of likely N-dealkylation sites (tertiary alicyclic amines) is 1. The first-order valence-electron chi connectivity index (χ1n) is 6.54. The van der Waals surface area contributed by atoms with Crippen molar-refractivity contribution in [2.75, 3.05) is 31.9 Å². The van der Waals surface area contributed by atoms with Gasteiger partial charge in [-0.05, 0) is 50.6 Å². The van der Waals surface area contributed by atoms with E-state index in [1.165, 1.54) is 12.8 Å². The first-order valence-corrected chi connectivity index (χ1v) is 6.54. The van der Waals surface area contributed by atoms with Crippen LogP contribution >= 0.6 is 0 Å². The highest BCUT2D eigenvalue weighted by Crippen LogP contribution is 2.15. The van der Waals surface area contributed by atoms with Crippen molar-refractivity contribution in [3.05, 3.63) is 29.3 Å². The lowest BCUT2D eigenvalue weighted by molar-refractivity contribution is 0.0949. The molecule has 4 nitrogen and oxygen atoms in total. The molecule has 1 aliphatic rings. The minimum Gasteiger partial charge on any atom is -0.398 e. The summed E-state index contributed by atoms with van der Waals surface area (Å²) in [4.78, 5) is 14.4. The third kappa shape index (κ3) is 3.01. The molecule has 2 rings (SSSR count). The summed E-state index contributed by atoms with van der Waals surface area (Å²) in [6.07, 6.45) is 2.56. The van der Waals surface area contributed by atoms with Gasteiger partial charge in [-0.3, -0.25) is 4.79 Å². The number of carbonyl (C=O) groups is 1. The van der Waals surface area contributed by atoms with Crippen molar-refractivity contribution in [3.63, 3.8) is 0 Å². The summed E-state index contributed by atoms with van der Waals surface area (Å²) in [5, 5.41) is 2.96. The summed E-state index contributed by atoms with van der Waals surface area (Å²) in [7, 11) is 0. The summed E-state index contributed by atoms with van der Waals surface area (Å²) in [5.74, 6) is -0.0287. The predicted molar refractivity (Wildman–Crippen MR) is 73.6 cm³/mol. The Hall–Kier alpha value is -1.55. The van der Waals surface area contributed by atoms with E-state index in [9.17, 15) is 4.79 Å². The average Bonchev–Trinajstić information content (AvgIpc) is 2.85. The molecule has 4 heteroatoms. The molecule has 0 saturated carbocycles. The maximum Gasteiger partial charge on any atom is 0.251 e. The van der Waals surface area contributed by atoms with Gasteiger partial charge in [-0.1, -0.05) is 6.07 Å². The maximum atomic E-state index is 12.0. The van der Waals surface area contributed by atoms with E-state index < -0.39 is 0 Å². The number of nitrogens with zero attached hydrogens (tertiary/aromatic N) is 1. The highest BCUT2D eigenvalue weighted by Gasteiger charge is 2.13. The zero-order valence-corrected chi connectivity index (χ0v) is 10.9. The first-order chi connectivity index (χ1) is 8.68. The van der Waals surface area contributed by atoms with E-state index in [1.54, 1.807) is 0 Å². The van der Waals surface area contributed by atoms with Crippen molar-refractivity contribution < 1.29 is 4.79 Å². The van der Waals surface area contributed by atoms with Crippen LogP contribution in [0.3, 0.4) is 0 Å². The number of carbonyl (C=O) groups excluding carboxylic acids is 1. The first kappa shape index (κ1) is 12.9. The van der Waals surface area contributed by atoms with E-state index in [0.717, 1.165) is 25.2 Å². The van der Waals surface area contributed by atoms with E-state index >= 15 is 0 Å². The number of anilines is 1. The fourth-order valence-corrected chi connectivity index (χ4v) is 2.33. The number of rotatable bonds is 4. The molecule has 1 amide bonds. The number of nitrogens with one attached hydrogen (secondary N) is 1. The molecule has 98 valence electrons. The van der Waals surface area contributed by atoms with Crippen LogP contribution in [0.1, 0.15) is 28.8 Å². The van der Waals surface area contributed by atoms with E-state index in [-0.39, 0.29) is 5.91 Å². The molecule has 0 unspecified atom stereocenters. The molecule has 3 N–H and O–H groups in total. The third-order valence-electron chi connectivity index (χ3n) is 3.53. The molecule has 1 heterocycles. The van der Waals surface area contributed by atoms with Crippen LogP contribution in [0.5, 0.6) is 0 Å². The van der Waals surface area contributed by atoms with Crippen LogP contribution in [-0.4, -0.2) is 37.0 Å². The Morgan fingerprint density at radius 3 is 2.83 bits per heavy atom. The summed E-state index contributed by atoms with van der Waals surface area (Å²) >= 11 is 0. The van der Waals surface area contributed by atoms with E-state index in [0.29, 0.717) is 17.8 Å². The Kier molecular flexibility index (Phi) is 4.20. The number of hydrogen-bond donors (Lipinski definition) is 2. The molecule has 0 radical (unpaired) electrons. The Balaban J connectivity index is 1.85.